The zero-order valence-corrected chi connectivity index (χ0v) is 5.84. The van der Waals surface area contributed by atoms with Gasteiger partial charge in [-0.1, -0.05) is 6.08 Å². The molecule has 10 heavy (non-hydrogen) atoms. The van der Waals surface area contributed by atoms with E-state index in [0.717, 1.165) is 0 Å². The first-order chi connectivity index (χ1) is 4.73. The van der Waals surface area contributed by atoms with E-state index in [0.29, 0.717) is 0 Å². The zero-order chi connectivity index (χ0) is 7.82. The van der Waals surface area contributed by atoms with E-state index in [9.17, 15) is 0 Å². The van der Waals surface area contributed by atoms with Gasteiger partial charge in [0.2, 0.25) is 0 Å². The van der Waals surface area contributed by atoms with Crippen LogP contribution in [0.1, 0.15) is 0 Å². The summed E-state index contributed by atoms with van der Waals surface area (Å²) in [4.78, 5) is 8.56. The van der Waals surface area contributed by atoms with E-state index in [1.807, 2.05) is 23.8 Å². The molecule has 0 aliphatic carbocycles. The maximum absolute atomic E-state index is 8.56. The summed E-state index contributed by atoms with van der Waals surface area (Å²) in [5.41, 5.74) is 0. The van der Waals surface area contributed by atoms with E-state index in [-0.39, 0.29) is 0 Å². The van der Waals surface area contributed by atoms with Crippen molar-refractivity contribution in [1.82, 2.24) is 4.72 Å². The molecule has 1 aliphatic rings. The fraction of sp³-hybridized carbons (Fsp3) is 0. The van der Waals surface area contributed by atoms with E-state index >= 15 is 0 Å². The summed E-state index contributed by atoms with van der Waals surface area (Å²) in [6.45, 7) is 0. The van der Waals surface area contributed by atoms with Crippen LogP contribution >= 0.6 is 11.9 Å². The normalized spacial score (nSPS) is 12.8. The number of carboxylic acid groups (broad SMARTS) is 2. The van der Waals surface area contributed by atoms with Crippen LogP contribution in [0.4, 0.5) is 4.79 Å². The van der Waals surface area contributed by atoms with Gasteiger partial charge in [-0.3, -0.25) is 0 Å². The molecule has 0 saturated carbocycles. The highest BCUT2D eigenvalue weighted by Gasteiger charge is 1.74. The highest BCUT2D eigenvalue weighted by molar-refractivity contribution is 8.00. The van der Waals surface area contributed by atoms with Crippen LogP contribution in [-0.4, -0.2) is 16.4 Å². The van der Waals surface area contributed by atoms with Gasteiger partial charge in [0.15, 0.2) is 0 Å². The van der Waals surface area contributed by atoms with E-state index in [2.05, 4.69) is 4.72 Å². The van der Waals surface area contributed by atoms with Crippen molar-refractivity contribution < 1.29 is 15.0 Å². The molecule has 3 N–H and O–H groups in total. The van der Waals surface area contributed by atoms with Crippen molar-refractivity contribution in [1.29, 1.82) is 0 Å². The Balaban J connectivity index is 0.000000180. The molecule has 0 amide bonds. The van der Waals surface area contributed by atoms with Gasteiger partial charge in [-0.15, -0.1) is 0 Å². The second-order valence-corrected chi connectivity index (χ2v) is 1.95. The van der Waals surface area contributed by atoms with Crippen molar-refractivity contribution in [2.24, 2.45) is 0 Å². The molecule has 1 aliphatic heterocycles. The molecule has 0 saturated heterocycles. The summed E-state index contributed by atoms with van der Waals surface area (Å²) in [7, 11) is 0. The summed E-state index contributed by atoms with van der Waals surface area (Å²) in [6, 6.07) is 0. The van der Waals surface area contributed by atoms with Crippen LogP contribution in [0.25, 0.3) is 0 Å². The van der Waals surface area contributed by atoms with E-state index in [4.69, 9.17) is 15.0 Å². The molecule has 0 bridgehead atoms. The number of allylic oxidation sites excluding steroid dienone is 2. The fourth-order valence-electron chi connectivity index (χ4n) is 0.258. The monoisotopic (exact) mass is 161 g/mol. The van der Waals surface area contributed by atoms with Gasteiger partial charge < -0.3 is 14.9 Å². The average molecular weight is 161 g/mol. The molecule has 1 heterocycles. The first kappa shape index (κ1) is 8.90. The Kier molecular flexibility index (Phi) is 5.36. The first-order valence-corrected chi connectivity index (χ1v) is 3.26. The lowest BCUT2D eigenvalue weighted by molar-refractivity contribution is 0.137. The molecule has 0 aromatic heterocycles. The van der Waals surface area contributed by atoms with Gasteiger partial charge in [-0.05, 0) is 23.4 Å². The van der Waals surface area contributed by atoms with Crippen LogP contribution in [0.3, 0.4) is 0 Å². The smallest absolute Gasteiger partial charge is 0.450 e. The summed E-state index contributed by atoms with van der Waals surface area (Å²) in [5.74, 6) is 0. The third kappa shape index (κ3) is 10.0. The molecule has 0 unspecified atom stereocenters. The minimum absolute atomic E-state index is 1.58. The number of hydrogen-bond donors (Lipinski definition) is 3. The molecule has 5 heteroatoms. The Bertz CT molecular complexity index is 139. The Morgan fingerprint density at radius 1 is 1.40 bits per heavy atom. The lowest BCUT2D eigenvalue weighted by atomic mass is 10.6. The van der Waals surface area contributed by atoms with Crippen molar-refractivity contribution in [2.45, 2.75) is 0 Å². The van der Waals surface area contributed by atoms with Crippen molar-refractivity contribution in [2.75, 3.05) is 0 Å². The highest BCUT2D eigenvalue weighted by atomic mass is 32.2. The highest BCUT2D eigenvalue weighted by Crippen LogP contribution is 1.98. The largest absolute Gasteiger partial charge is 0.503 e. The second-order valence-electron chi connectivity index (χ2n) is 1.21. The van der Waals surface area contributed by atoms with Gasteiger partial charge in [0.25, 0.3) is 0 Å². The van der Waals surface area contributed by atoms with Crippen molar-refractivity contribution in [3.8, 4) is 0 Å². The van der Waals surface area contributed by atoms with Crippen LogP contribution in [0.5, 0.6) is 0 Å². The molecule has 4 nitrogen and oxygen atoms in total. The number of carbonyl (C=O) groups is 1. The Morgan fingerprint density at radius 2 is 2.00 bits per heavy atom. The molecule has 1 rings (SSSR count). The Labute approximate surface area is 62.4 Å². The third-order valence-electron chi connectivity index (χ3n) is 0.490. The summed E-state index contributed by atoms with van der Waals surface area (Å²) < 4.78 is 2.93. The SMILES string of the molecule is C1=CNSC=C1.O=C(O)O. The molecule has 0 aromatic rings. The van der Waals surface area contributed by atoms with Gasteiger partial charge in [-0.2, -0.15) is 0 Å². The zero-order valence-electron chi connectivity index (χ0n) is 5.02. The third-order valence-corrected chi connectivity index (χ3v) is 1.06. The lowest BCUT2D eigenvalue weighted by Crippen LogP contribution is -1.88. The van der Waals surface area contributed by atoms with Crippen LogP contribution in [0.15, 0.2) is 23.8 Å². The van der Waals surface area contributed by atoms with Gasteiger partial charge in [0.05, 0.1) is 0 Å². The molecule has 0 spiro atoms. The van der Waals surface area contributed by atoms with Crippen LogP contribution in [0, 0.1) is 0 Å². The van der Waals surface area contributed by atoms with E-state index in [1.165, 1.54) is 0 Å². The maximum atomic E-state index is 8.56. The Morgan fingerprint density at radius 3 is 2.10 bits per heavy atom. The lowest BCUT2D eigenvalue weighted by Gasteiger charge is -1.93. The molecule has 0 radical (unpaired) electrons. The van der Waals surface area contributed by atoms with Crippen molar-refractivity contribution in [3.05, 3.63) is 23.8 Å². The van der Waals surface area contributed by atoms with Gasteiger partial charge in [0.1, 0.15) is 0 Å². The van der Waals surface area contributed by atoms with E-state index < -0.39 is 6.16 Å². The minimum Gasteiger partial charge on any atom is -0.450 e. The number of rotatable bonds is 0. The second kappa shape index (κ2) is 6.03. The quantitative estimate of drug-likeness (QED) is 0.469. The molecule has 0 atom stereocenters. The van der Waals surface area contributed by atoms with Crippen molar-refractivity contribution in [3.63, 3.8) is 0 Å². The molecular formula is C5H7NO3S. The summed E-state index contributed by atoms with van der Waals surface area (Å²) >= 11 is 1.58. The molecular weight excluding hydrogens is 154 g/mol. The van der Waals surface area contributed by atoms with Gasteiger partial charge >= 0.3 is 6.16 Å². The molecule has 56 valence electrons. The number of nitrogens with one attached hydrogen (secondary N) is 1. The molecule has 0 fully saturated rings. The average Bonchev–Trinajstić information content (AvgIpc) is 1.90. The van der Waals surface area contributed by atoms with Gasteiger partial charge in [0, 0.05) is 6.20 Å². The predicted octanol–water partition coefficient (Wildman–Crippen LogP) is 1.49. The predicted molar refractivity (Wildman–Crippen MR) is 39.7 cm³/mol. The fourth-order valence-corrected chi connectivity index (χ4v) is 0.663. The summed E-state index contributed by atoms with van der Waals surface area (Å²) in [6.07, 6.45) is 4.00. The van der Waals surface area contributed by atoms with Crippen molar-refractivity contribution >= 4 is 18.1 Å². The van der Waals surface area contributed by atoms with Crippen LogP contribution in [0.2, 0.25) is 0 Å². The maximum Gasteiger partial charge on any atom is 0.503 e. The van der Waals surface area contributed by atoms with Crippen LogP contribution < -0.4 is 4.72 Å². The number of hydrogen-bond acceptors (Lipinski definition) is 3. The minimum atomic E-state index is -1.83. The van der Waals surface area contributed by atoms with Crippen LogP contribution in [-0.2, 0) is 0 Å². The molecule has 0 aromatic carbocycles. The topological polar surface area (TPSA) is 69.6 Å². The standard InChI is InChI=1S/C4H5NS.CH2O3/c1-2-4-6-5-3-1;2-1(3)4/h1-5H;(H2,2,3,4). The summed E-state index contributed by atoms with van der Waals surface area (Å²) in [5, 5.41) is 15.9. The van der Waals surface area contributed by atoms with Gasteiger partial charge in [-0.25, -0.2) is 4.79 Å². The first-order valence-electron chi connectivity index (χ1n) is 2.38. The van der Waals surface area contributed by atoms with E-state index in [1.54, 1.807) is 11.9 Å². The Hall–Kier alpha value is -1.10.